The third-order valence-corrected chi connectivity index (χ3v) is 3.83. The van der Waals surface area contributed by atoms with Crippen LogP contribution in [-0.2, 0) is 0 Å². The highest BCUT2D eigenvalue weighted by molar-refractivity contribution is 7.14. The van der Waals surface area contributed by atoms with Crippen molar-refractivity contribution < 1.29 is 9.15 Å². The molecule has 0 spiro atoms. The molecule has 0 bridgehead atoms. The van der Waals surface area contributed by atoms with E-state index in [0.29, 0.717) is 0 Å². The molecular weight excluding hydrogens is 298 g/mol. The second kappa shape index (κ2) is 6.44. The van der Waals surface area contributed by atoms with Crippen LogP contribution in [0.5, 0.6) is 5.75 Å². The molecule has 0 saturated carbocycles. The van der Waals surface area contributed by atoms with Gasteiger partial charge in [-0.25, -0.2) is 4.98 Å². The summed E-state index contributed by atoms with van der Waals surface area (Å²) in [6.07, 6.45) is 1.62. The van der Waals surface area contributed by atoms with E-state index < -0.39 is 0 Å². The first kappa shape index (κ1) is 14.3. The van der Waals surface area contributed by atoms with Crippen molar-refractivity contribution in [2.75, 3.05) is 12.5 Å². The normalized spacial score (nSPS) is 11.5. The van der Waals surface area contributed by atoms with Gasteiger partial charge in [0.05, 0.1) is 19.1 Å². The van der Waals surface area contributed by atoms with Gasteiger partial charge in [0.25, 0.3) is 0 Å². The van der Waals surface area contributed by atoms with Gasteiger partial charge in [0.1, 0.15) is 17.2 Å². The molecule has 0 radical (unpaired) electrons. The van der Waals surface area contributed by atoms with Crippen molar-refractivity contribution in [1.82, 2.24) is 4.98 Å². The quantitative estimate of drug-likeness (QED) is 0.565. The van der Waals surface area contributed by atoms with Gasteiger partial charge in [-0.1, -0.05) is 0 Å². The Morgan fingerprint density at radius 3 is 2.77 bits per heavy atom. The molecule has 1 aromatic carbocycles. The largest absolute Gasteiger partial charge is 0.497 e. The number of nitrogens with zero attached hydrogens (tertiary/aromatic N) is 2. The summed E-state index contributed by atoms with van der Waals surface area (Å²) in [4.78, 5) is 4.52. The number of hydrogen-bond donors (Lipinski definition) is 1. The Morgan fingerprint density at radius 2 is 2.09 bits per heavy atom. The van der Waals surface area contributed by atoms with Crippen molar-refractivity contribution in [3.8, 4) is 17.0 Å². The topological polar surface area (TPSA) is 59.6 Å². The van der Waals surface area contributed by atoms with E-state index in [1.165, 1.54) is 11.3 Å². The first-order valence-corrected chi connectivity index (χ1v) is 7.58. The van der Waals surface area contributed by atoms with E-state index in [9.17, 15) is 0 Å². The molecule has 1 N–H and O–H groups in total. The highest BCUT2D eigenvalue weighted by Crippen LogP contribution is 2.26. The lowest BCUT2D eigenvalue weighted by atomic mass is 10.2. The molecule has 112 valence electrons. The summed E-state index contributed by atoms with van der Waals surface area (Å²) in [5.41, 5.74) is 5.67. The molecule has 0 unspecified atom stereocenters. The van der Waals surface area contributed by atoms with Crippen LogP contribution in [0.4, 0.5) is 5.13 Å². The van der Waals surface area contributed by atoms with Gasteiger partial charge >= 0.3 is 0 Å². The number of benzene rings is 1. The number of thiazole rings is 1. The van der Waals surface area contributed by atoms with E-state index in [-0.39, 0.29) is 0 Å². The molecule has 0 atom stereocenters. The number of hydrazone groups is 1. The molecule has 0 saturated heterocycles. The lowest BCUT2D eigenvalue weighted by Gasteiger charge is -2.00. The Balaban J connectivity index is 1.72. The van der Waals surface area contributed by atoms with Crippen molar-refractivity contribution in [3.05, 3.63) is 53.8 Å². The molecule has 0 aliphatic rings. The van der Waals surface area contributed by atoms with Crippen molar-refractivity contribution in [2.45, 2.75) is 6.92 Å². The Hall–Kier alpha value is -2.60. The Bertz CT molecular complexity index is 761. The summed E-state index contributed by atoms with van der Waals surface area (Å²) >= 11 is 1.50. The van der Waals surface area contributed by atoms with E-state index in [2.05, 4.69) is 15.5 Å². The zero-order valence-corrected chi connectivity index (χ0v) is 13.1. The van der Waals surface area contributed by atoms with Crippen LogP contribution in [0.3, 0.4) is 0 Å². The fourth-order valence-electron chi connectivity index (χ4n) is 1.89. The number of rotatable bonds is 5. The third-order valence-electron chi connectivity index (χ3n) is 3.09. The highest BCUT2D eigenvalue weighted by atomic mass is 32.1. The van der Waals surface area contributed by atoms with Gasteiger partial charge in [0, 0.05) is 10.9 Å². The predicted molar refractivity (Wildman–Crippen MR) is 88.6 cm³/mol. The maximum atomic E-state index is 5.28. The first-order chi connectivity index (χ1) is 10.8. The number of nitrogens with one attached hydrogen (secondary N) is 1. The van der Waals surface area contributed by atoms with Crippen molar-refractivity contribution in [2.24, 2.45) is 5.10 Å². The van der Waals surface area contributed by atoms with Crippen LogP contribution in [0.2, 0.25) is 0 Å². The maximum absolute atomic E-state index is 5.28. The maximum Gasteiger partial charge on any atom is 0.203 e. The summed E-state index contributed by atoms with van der Waals surface area (Å²) in [7, 11) is 1.65. The second-order valence-corrected chi connectivity index (χ2v) is 5.41. The summed E-state index contributed by atoms with van der Waals surface area (Å²) in [6.45, 7) is 1.88. The second-order valence-electron chi connectivity index (χ2n) is 4.55. The Labute approximate surface area is 132 Å². The summed E-state index contributed by atoms with van der Waals surface area (Å²) in [5.74, 6) is 1.57. The summed E-state index contributed by atoms with van der Waals surface area (Å²) in [5, 5.41) is 6.99. The Kier molecular flexibility index (Phi) is 4.20. The van der Waals surface area contributed by atoms with Crippen LogP contribution >= 0.6 is 11.3 Å². The van der Waals surface area contributed by atoms with Gasteiger partial charge in [0.2, 0.25) is 5.13 Å². The fourth-order valence-corrected chi connectivity index (χ4v) is 2.55. The number of aromatic nitrogens is 1. The molecular formula is C16H15N3O2S. The standard InChI is InChI=1S/C16H15N3O2S/c1-11(15-4-3-9-21-15)18-19-16-17-14(10-22-16)12-5-7-13(20-2)8-6-12/h3-10H,1-2H3,(H,17,19)/b18-11-. The molecule has 5 nitrogen and oxygen atoms in total. The molecule has 0 aliphatic heterocycles. The highest BCUT2D eigenvalue weighted by Gasteiger charge is 2.05. The molecule has 22 heavy (non-hydrogen) atoms. The van der Waals surface area contributed by atoms with Crippen LogP contribution in [0.1, 0.15) is 12.7 Å². The van der Waals surface area contributed by atoms with Crippen molar-refractivity contribution in [1.29, 1.82) is 0 Å². The van der Waals surface area contributed by atoms with E-state index in [1.807, 2.05) is 48.7 Å². The molecule has 3 aromatic rings. The average Bonchev–Trinajstić information content (AvgIpc) is 3.24. The van der Waals surface area contributed by atoms with Gasteiger partial charge in [-0.15, -0.1) is 11.3 Å². The third kappa shape index (κ3) is 3.17. The van der Waals surface area contributed by atoms with Crippen LogP contribution in [0, 0.1) is 0 Å². The smallest absolute Gasteiger partial charge is 0.203 e. The zero-order chi connectivity index (χ0) is 15.4. The van der Waals surface area contributed by atoms with Crippen LogP contribution in [-0.4, -0.2) is 17.8 Å². The lowest BCUT2D eigenvalue weighted by Crippen LogP contribution is -1.97. The van der Waals surface area contributed by atoms with Gasteiger partial charge in [0.15, 0.2) is 0 Å². The molecule has 2 heterocycles. The van der Waals surface area contributed by atoms with Crippen LogP contribution < -0.4 is 10.2 Å². The number of hydrogen-bond acceptors (Lipinski definition) is 6. The molecule has 6 heteroatoms. The fraction of sp³-hybridized carbons (Fsp3) is 0.125. The predicted octanol–water partition coefficient (Wildman–Crippen LogP) is 4.25. The first-order valence-electron chi connectivity index (χ1n) is 6.70. The lowest BCUT2D eigenvalue weighted by molar-refractivity contribution is 0.415. The van der Waals surface area contributed by atoms with Crippen LogP contribution in [0.15, 0.2) is 57.6 Å². The number of furan rings is 1. The van der Waals surface area contributed by atoms with Gasteiger partial charge in [-0.3, -0.25) is 5.43 Å². The number of ether oxygens (including phenoxy) is 1. The molecule has 3 rings (SSSR count). The minimum atomic E-state index is 0.733. The Morgan fingerprint density at radius 1 is 1.27 bits per heavy atom. The van der Waals surface area contributed by atoms with Gasteiger partial charge in [-0.2, -0.15) is 5.10 Å². The number of anilines is 1. The minimum absolute atomic E-state index is 0.733. The molecule has 0 aliphatic carbocycles. The van der Waals surface area contributed by atoms with Crippen molar-refractivity contribution in [3.63, 3.8) is 0 Å². The zero-order valence-electron chi connectivity index (χ0n) is 12.2. The summed E-state index contributed by atoms with van der Waals surface area (Å²) in [6, 6.07) is 11.5. The molecule has 0 amide bonds. The van der Waals surface area contributed by atoms with Gasteiger partial charge in [-0.05, 0) is 43.3 Å². The average molecular weight is 313 g/mol. The molecule has 0 fully saturated rings. The molecule has 2 aromatic heterocycles. The number of methoxy groups -OCH3 is 1. The van der Waals surface area contributed by atoms with E-state index in [0.717, 1.165) is 33.6 Å². The minimum Gasteiger partial charge on any atom is -0.497 e. The monoisotopic (exact) mass is 313 g/mol. The van der Waals surface area contributed by atoms with E-state index >= 15 is 0 Å². The van der Waals surface area contributed by atoms with E-state index in [4.69, 9.17) is 9.15 Å². The SMILES string of the molecule is COc1ccc(-c2csc(N/N=C(/C)c3ccco3)n2)cc1. The van der Waals surface area contributed by atoms with E-state index in [1.54, 1.807) is 13.4 Å². The summed E-state index contributed by atoms with van der Waals surface area (Å²) < 4.78 is 10.4. The van der Waals surface area contributed by atoms with Gasteiger partial charge < -0.3 is 9.15 Å². The van der Waals surface area contributed by atoms with Crippen molar-refractivity contribution >= 4 is 22.2 Å². The van der Waals surface area contributed by atoms with Crippen LogP contribution in [0.25, 0.3) is 11.3 Å².